The summed E-state index contributed by atoms with van der Waals surface area (Å²) < 4.78 is 90.1. The van der Waals surface area contributed by atoms with E-state index in [1.165, 1.54) is 18.2 Å². The minimum absolute atomic E-state index is 0.0526. The van der Waals surface area contributed by atoms with Gasteiger partial charge in [-0.15, -0.1) is 0 Å². The molecular weight excluding hydrogens is 475 g/mol. The molecule has 0 bridgehead atoms. The van der Waals surface area contributed by atoms with Crippen molar-refractivity contribution < 1.29 is 45.6 Å². The van der Waals surface area contributed by atoms with Crippen LogP contribution < -0.4 is 5.73 Å². The quantitative estimate of drug-likeness (QED) is 0.260. The summed E-state index contributed by atoms with van der Waals surface area (Å²) in [7, 11) is -1.41. The number of alkyl halides is 3. The molecule has 2 aromatic rings. The number of rotatable bonds is 10. The van der Waals surface area contributed by atoms with Gasteiger partial charge in [0.1, 0.15) is 0 Å². The van der Waals surface area contributed by atoms with Crippen LogP contribution in [-0.2, 0) is 28.1 Å². The average Bonchev–Trinajstić information content (AvgIpc) is 2.79. The van der Waals surface area contributed by atoms with Crippen molar-refractivity contribution in [1.29, 1.82) is 0 Å². The minimum atomic E-state index is -4.36. The molecule has 12 heteroatoms. The van der Waals surface area contributed by atoms with E-state index in [1.54, 1.807) is 0 Å². The van der Waals surface area contributed by atoms with E-state index in [-0.39, 0.29) is 31.8 Å². The second-order valence-corrected chi connectivity index (χ2v) is 7.81. The van der Waals surface area contributed by atoms with Gasteiger partial charge < -0.3 is 20.5 Å². The molecule has 186 valence electrons. The van der Waals surface area contributed by atoms with Gasteiger partial charge in [0.05, 0.1) is 24.3 Å². The Kier molecular flexibility index (Phi) is 12.1. The zero-order valence-electron chi connectivity index (χ0n) is 17.5. The number of nitrogens with two attached hydrogens (primary N) is 1. The van der Waals surface area contributed by atoms with Crippen LogP contribution in [0.5, 0.6) is 0 Å². The summed E-state index contributed by atoms with van der Waals surface area (Å²) in [4.78, 5) is 0. The normalized spacial score (nSPS) is 13.6. The second-order valence-electron chi connectivity index (χ2n) is 7.28. The van der Waals surface area contributed by atoms with Crippen molar-refractivity contribution in [1.82, 2.24) is 0 Å². The van der Waals surface area contributed by atoms with E-state index < -0.39 is 43.4 Å². The highest BCUT2D eigenvalue weighted by atomic mass is 31.1. The first-order chi connectivity index (χ1) is 15.5. The molecule has 2 unspecified atom stereocenters. The van der Waals surface area contributed by atoms with Gasteiger partial charge in [0.25, 0.3) is 0 Å². The Bertz CT molecular complexity index is 882. The van der Waals surface area contributed by atoms with E-state index in [9.17, 15) is 36.0 Å². The highest BCUT2D eigenvalue weighted by Crippen LogP contribution is 2.29. The van der Waals surface area contributed by atoms with Crippen LogP contribution in [0.4, 0.5) is 26.3 Å². The predicted octanol–water partition coefficient (Wildman–Crippen LogP) is 4.04. The molecule has 2 atom stereocenters. The van der Waals surface area contributed by atoms with Gasteiger partial charge in [-0.05, 0) is 55.0 Å². The van der Waals surface area contributed by atoms with Crippen LogP contribution >= 0.6 is 8.69 Å². The van der Waals surface area contributed by atoms with Crippen LogP contribution in [0.15, 0.2) is 36.4 Å². The molecule has 0 saturated carbocycles. The number of hydrogen-bond donors (Lipinski definition) is 3. The van der Waals surface area contributed by atoms with Gasteiger partial charge in [0.15, 0.2) is 26.1 Å². The summed E-state index contributed by atoms with van der Waals surface area (Å²) in [5, 5.41) is 17.6. The van der Waals surface area contributed by atoms with Crippen molar-refractivity contribution in [2.45, 2.75) is 37.4 Å². The first kappa shape index (κ1) is 29.1. The topological polar surface area (TPSA) is 92.8 Å². The summed E-state index contributed by atoms with van der Waals surface area (Å²) in [5.74, 6) is -3.80. The average molecular weight is 501 g/mol. The molecule has 0 heterocycles. The summed E-state index contributed by atoms with van der Waals surface area (Å²) in [6.07, 6.45) is -3.10. The molecule has 0 spiro atoms. The summed E-state index contributed by atoms with van der Waals surface area (Å²) in [5.41, 5.74) is 4.87. The number of hydrogen-bond acceptors (Lipinski definition) is 5. The van der Waals surface area contributed by atoms with Gasteiger partial charge in [-0.1, -0.05) is 18.2 Å². The fourth-order valence-corrected chi connectivity index (χ4v) is 3.08. The fraction of sp³-hybridized carbons (Fsp3) is 0.429. The van der Waals surface area contributed by atoms with E-state index in [0.29, 0.717) is 24.8 Å². The van der Waals surface area contributed by atoms with E-state index in [4.69, 9.17) is 15.4 Å². The lowest BCUT2D eigenvalue weighted by molar-refractivity contribution is -0.137. The first-order valence-electron chi connectivity index (χ1n) is 9.81. The molecule has 0 aliphatic rings. The molecule has 0 aliphatic heterocycles. The van der Waals surface area contributed by atoms with Crippen molar-refractivity contribution in [3.8, 4) is 0 Å². The van der Waals surface area contributed by atoms with Crippen molar-refractivity contribution in [3.05, 3.63) is 70.5 Å². The molecule has 33 heavy (non-hydrogen) atoms. The third kappa shape index (κ3) is 9.85. The molecular formula is C21H26F6NO4P. The lowest BCUT2D eigenvalue weighted by Gasteiger charge is -2.25. The standard InChI is InChI=1S/C12H17F3NO3P.C9H9F3O/c13-12(14,15)10-3-1-9(2-4-10)5-6-11(16,7-17)8-19-20-18;10-7-4-3-6(2-1-5-13)8(11)9(7)12/h1-4,17H,5-8,16,20H2;3-4,13H,1-2,5H2. The maximum atomic E-state index is 12.9. The molecule has 5 nitrogen and oxygen atoms in total. The Morgan fingerprint density at radius 2 is 1.58 bits per heavy atom. The smallest absolute Gasteiger partial charge is 0.396 e. The van der Waals surface area contributed by atoms with Crippen LogP contribution in [0.25, 0.3) is 0 Å². The molecule has 0 saturated heterocycles. The Morgan fingerprint density at radius 3 is 2.09 bits per heavy atom. The maximum Gasteiger partial charge on any atom is 0.416 e. The minimum Gasteiger partial charge on any atom is -0.396 e. The molecule has 2 aromatic carbocycles. The maximum absolute atomic E-state index is 12.9. The Morgan fingerprint density at radius 1 is 0.939 bits per heavy atom. The van der Waals surface area contributed by atoms with Crippen LogP contribution in [0.1, 0.15) is 29.5 Å². The number of halogens is 6. The third-order valence-electron chi connectivity index (χ3n) is 4.67. The van der Waals surface area contributed by atoms with Gasteiger partial charge in [0.2, 0.25) is 0 Å². The zero-order valence-corrected chi connectivity index (χ0v) is 18.7. The van der Waals surface area contributed by atoms with Crippen molar-refractivity contribution in [3.63, 3.8) is 0 Å². The Balaban J connectivity index is 0.000000361. The molecule has 4 N–H and O–H groups in total. The van der Waals surface area contributed by atoms with Gasteiger partial charge in [-0.2, -0.15) is 13.2 Å². The first-order valence-corrected chi connectivity index (χ1v) is 10.8. The van der Waals surface area contributed by atoms with E-state index >= 15 is 0 Å². The van der Waals surface area contributed by atoms with Crippen LogP contribution in [0.3, 0.4) is 0 Å². The lowest BCUT2D eigenvalue weighted by atomic mass is 9.93. The molecule has 0 radical (unpaired) electrons. The number of benzene rings is 2. The second kappa shape index (κ2) is 13.7. The Hall–Kier alpha value is -1.91. The number of aliphatic hydroxyl groups is 2. The molecule has 0 fully saturated rings. The molecule has 0 aromatic heterocycles. The van der Waals surface area contributed by atoms with E-state index in [0.717, 1.165) is 18.2 Å². The van der Waals surface area contributed by atoms with Gasteiger partial charge in [-0.3, -0.25) is 4.57 Å². The zero-order chi connectivity index (χ0) is 25.1. The van der Waals surface area contributed by atoms with Crippen molar-refractivity contribution in [2.24, 2.45) is 5.73 Å². The van der Waals surface area contributed by atoms with Crippen LogP contribution in [0.2, 0.25) is 0 Å². The van der Waals surface area contributed by atoms with Gasteiger partial charge in [0, 0.05) is 6.61 Å². The highest BCUT2D eigenvalue weighted by molar-refractivity contribution is 7.17. The predicted molar refractivity (Wildman–Crippen MR) is 112 cm³/mol. The van der Waals surface area contributed by atoms with Crippen LogP contribution in [-0.4, -0.2) is 35.6 Å². The monoisotopic (exact) mass is 501 g/mol. The molecule has 0 aliphatic carbocycles. The lowest BCUT2D eigenvalue weighted by Crippen LogP contribution is -2.47. The van der Waals surface area contributed by atoms with Gasteiger partial charge in [-0.25, -0.2) is 13.2 Å². The third-order valence-corrected chi connectivity index (χ3v) is 4.97. The Labute approximate surface area is 188 Å². The van der Waals surface area contributed by atoms with E-state index in [1.807, 2.05) is 0 Å². The van der Waals surface area contributed by atoms with E-state index in [2.05, 4.69) is 0 Å². The number of aliphatic hydroxyl groups excluding tert-OH is 2. The fourth-order valence-electron chi connectivity index (χ4n) is 2.68. The number of aryl methyl sites for hydroxylation is 2. The summed E-state index contributed by atoms with van der Waals surface area (Å²) >= 11 is 0. The van der Waals surface area contributed by atoms with Crippen molar-refractivity contribution in [2.75, 3.05) is 19.8 Å². The van der Waals surface area contributed by atoms with Crippen LogP contribution in [0, 0.1) is 17.5 Å². The van der Waals surface area contributed by atoms with Gasteiger partial charge >= 0.3 is 6.18 Å². The SMILES string of the molecule is NC(CO)(CCc1ccc(C(F)(F)F)cc1)CO[PH2]=O.OCCCc1ccc(F)c(F)c1F. The summed E-state index contributed by atoms with van der Waals surface area (Å²) in [6, 6.07) is 6.82. The molecule has 2 rings (SSSR count). The highest BCUT2D eigenvalue weighted by Gasteiger charge is 2.30. The van der Waals surface area contributed by atoms with Crippen molar-refractivity contribution >= 4 is 8.69 Å². The molecule has 0 amide bonds. The summed E-state index contributed by atoms with van der Waals surface area (Å²) in [6.45, 7) is -0.505. The largest absolute Gasteiger partial charge is 0.416 e.